The molecule has 1 N–H and O–H groups in total. The lowest BCUT2D eigenvalue weighted by Gasteiger charge is -2.10. The Bertz CT molecular complexity index is 748. The highest BCUT2D eigenvalue weighted by Gasteiger charge is 2.08. The molecule has 0 saturated heterocycles. The highest BCUT2D eigenvalue weighted by atomic mass is 35.5. The fourth-order valence-corrected chi connectivity index (χ4v) is 2.39. The monoisotopic (exact) mass is 361 g/mol. The van der Waals surface area contributed by atoms with Crippen molar-refractivity contribution in [1.82, 2.24) is 0 Å². The van der Waals surface area contributed by atoms with Crippen LogP contribution in [0.2, 0.25) is 5.02 Å². The molecular weight excluding hydrogens is 342 g/mol. The van der Waals surface area contributed by atoms with Crippen molar-refractivity contribution >= 4 is 29.2 Å². The van der Waals surface area contributed by atoms with Gasteiger partial charge in [-0.2, -0.15) is 0 Å². The summed E-state index contributed by atoms with van der Waals surface area (Å²) in [4.78, 5) is 23.2. The number of rotatable bonds is 6. The number of halogens is 1. The minimum Gasteiger partial charge on any atom is -0.484 e. The van der Waals surface area contributed by atoms with Crippen molar-refractivity contribution in [2.75, 3.05) is 19.0 Å². The normalized spacial score (nSPS) is 10.2. The van der Waals surface area contributed by atoms with Crippen molar-refractivity contribution in [3.8, 4) is 5.75 Å². The average Bonchev–Trinajstić information content (AvgIpc) is 2.59. The number of aryl methyl sites for hydroxylation is 2. The molecule has 2 rings (SSSR count). The van der Waals surface area contributed by atoms with Gasteiger partial charge in [0.05, 0.1) is 13.5 Å². The number of benzene rings is 2. The molecule has 1 amide bonds. The Morgan fingerprint density at radius 1 is 1.08 bits per heavy atom. The van der Waals surface area contributed by atoms with Gasteiger partial charge >= 0.3 is 5.97 Å². The van der Waals surface area contributed by atoms with Crippen molar-refractivity contribution in [3.05, 3.63) is 58.1 Å². The number of hydrogen-bond acceptors (Lipinski definition) is 4. The van der Waals surface area contributed by atoms with Crippen molar-refractivity contribution < 1.29 is 19.1 Å². The quantitative estimate of drug-likeness (QED) is 0.797. The molecule has 0 heterocycles. The van der Waals surface area contributed by atoms with Crippen LogP contribution in [0.3, 0.4) is 0 Å². The molecule has 2 aromatic carbocycles. The lowest BCUT2D eigenvalue weighted by atomic mass is 10.1. The van der Waals surface area contributed by atoms with E-state index in [1.807, 2.05) is 13.8 Å². The van der Waals surface area contributed by atoms with Crippen molar-refractivity contribution in [3.63, 3.8) is 0 Å². The zero-order chi connectivity index (χ0) is 18.4. The molecule has 0 spiro atoms. The van der Waals surface area contributed by atoms with Gasteiger partial charge < -0.3 is 14.8 Å². The summed E-state index contributed by atoms with van der Waals surface area (Å²) >= 11 is 6.11. The average molecular weight is 362 g/mol. The van der Waals surface area contributed by atoms with Gasteiger partial charge in [0.2, 0.25) is 0 Å². The van der Waals surface area contributed by atoms with E-state index in [1.165, 1.54) is 7.11 Å². The third-order valence-corrected chi connectivity index (χ3v) is 4.19. The molecule has 25 heavy (non-hydrogen) atoms. The molecule has 0 fully saturated rings. The van der Waals surface area contributed by atoms with Crippen LogP contribution in [0.1, 0.15) is 16.7 Å². The maximum atomic E-state index is 12.0. The SMILES string of the molecule is COC(=O)Cc1ccc(NC(=O)COc2cc(C)c(Cl)c(C)c2)cc1. The number of methoxy groups -OCH3 is 1. The van der Waals surface area contributed by atoms with Crippen LogP contribution < -0.4 is 10.1 Å². The van der Waals surface area contributed by atoms with E-state index in [0.717, 1.165) is 16.7 Å². The van der Waals surface area contributed by atoms with Gasteiger partial charge in [-0.1, -0.05) is 23.7 Å². The predicted molar refractivity (Wildman–Crippen MR) is 97.2 cm³/mol. The van der Waals surface area contributed by atoms with E-state index in [2.05, 4.69) is 10.1 Å². The summed E-state index contributed by atoms with van der Waals surface area (Å²) in [5, 5.41) is 3.44. The Morgan fingerprint density at radius 2 is 1.68 bits per heavy atom. The van der Waals surface area contributed by atoms with Crippen LogP contribution in [0.25, 0.3) is 0 Å². The highest BCUT2D eigenvalue weighted by molar-refractivity contribution is 6.32. The summed E-state index contributed by atoms with van der Waals surface area (Å²) in [5.74, 6) is 0.0210. The topological polar surface area (TPSA) is 64.6 Å². The van der Waals surface area contributed by atoms with Crippen LogP contribution >= 0.6 is 11.6 Å². The molecule has 5 nitrogen and oxygen atoms in total. The fraction of sp³-hybridized carbons (Fsp3) is 0.263. The van der Waals surface area contributed by atoms with E-state index in [0.29, 0.717) is 16.5 Å². The van der Waals surface area contributed by atoms with Gasteiger partial charge in [0, 0.05) is 10.7 Å². The molecule has 0 aromatic heterocycles. The first-order valence-corrected chi connectivity index (χ1v) is 8.12. The first kappa shape index (κ1) is 18.8. The van der Waals surface area contributed by atoms with Gasteiger partial charge in [-0.15, -0.1) is 0 Å². The van der Waals surface area contributed by atoms with Gasteiger partial charge in [0.1, 0.15) is 5.75 Å². The van der Waals surface area contributed by atoms with E-state index in [1.54, 1.807) is 36.4 Å². The van der Waals surface area contributed by atoms with Crippen LogP contribution in [0.5, 0.6) is 5.75 Å². The molecule has 2 aromatic rings. The summed E-state index contributed by atoms with van der Waals surface area (Å²) < 4.78 is 10.1. The molecule has 0 aliphatic carbocycles. The molecule has 132 valence electrons. The van der Waals surface area contributed by atoms with Gasteiger partial charge in [0.15, 0.2) is 6.61 Å². The number of ether oxygens (including phenoxy) is 2. The van der Waals surface area contributed by atoms with Crippen molar-refractivity contribution in [2.45, 2.75) is 20.3 Å². The fourth-order valence-electron chi connectivity index (χ4n) is 2.28. The smallest absolute Gasteiger partial charge is 0.309 e. The highest BCUT2D eigenvalue weighted by Crippen LogP contribution is 2.25. The van der Waals surface area contributed by atoms with E-state index in [-0.39, 0.29) is 24.9 Å². The Balaban J connectivity index is 1.89. The minimum absolute atomic E-state index is 0.107. The lowest BCUT2D eigenvalue weighted by Crippen LogP contribution is -2.20. The number of esters is 1. The Hall–Kier alpha value is -2.53. The molecule has 0 radical (unpaired) electrons. The Morgan fingerprint density at radius 3 is 2.24 bits per heavy atom. The molecule has 0 aliphatic rings. The van der Waals surface area contributed by atoms with Crippen molar-refractivity contribution in [1.29, 1.82) is 0 Å². The third kappa shape index (κ3) is 5.50. The molecule has 6 heteroatoms. The number of anilines is 1. The van der Waals surface area contributed by atoms with E-state index in [9.17, 15) is 9.59 Å². The number of hydrogen-bond donors (Lipinski definition) is 1. The summed E-state index contributed by atoms with van der Waals surface area (Å²) in [6.07, 6.45) is 0.198. The Labute approximate surface area is 151 Å². The summed E-state index contributed by atoms with van der Waals surface area (Å²) in [7, 11) is 1.35. The van der Waals surface area contributed by atoms with Crippen LogP contribution in [0.4, 0.5) is 5.69 Å². The van der Waals surface area contributed by atoms with Gasteiger partial charge in [-0.25, -0.2) is 0 Å². The Kier molecular flexibility index (Phi) is 6.42. The molecule has 0 aliphatic heterocycles. The second-order valence-corrected chi connectivity index (χ2v) is 6.04. The van der Waals surface area contributed by atoms with Gasteiger partial charge in [-0.05, 0) is 54.8 Å². The number of nitrogens with one attached hydrogen (secondary N) is 1. The summed E-state index contributed by atoms with van der Waals surface area (Å²) in [6, 6.07) is 10.6. The van der Waals surface area contributed by atoms with Gasteiger partial charge in [0.25, 0.3) is 5.91 Å². The molecule has 0 unspecified atom stereocenters. The van der Waals surface area contributed by atoms with Crippen LogP contribution in [-0.4, -0.2) is 25.6 Å². The maximum Gasteiger partial charge on any atom is 0.309 e. The standard InChI is InChI=1S/C19H20ClNO4/c1-12-8-16(9-13(2)19(12)20)25-11-17(22)21-15-6-4-14(5-7-15)10-18(23)24-3/h4-9H,10-11H2,1-3H3,(H,21,22). The zero-order valence-corrected chi connectivity index (χ0v) is 15.1. The second-order valence-electron chi connectivity index (χ2n) is 5.66. The first-order chi connectivity index (χ1) is 11.9. The van der Waals surface area contributed by atoms with Crippen LogP contribution in [0, 0.1) is 13.8 Å². The lowest BCUT2D eigenvalue weighted by molar-refractivity contribution is -0.139. The van der Waals surface area contributed by atoms with Crippen LogP contribution in [-0.2, 0) is 20.7 Å². The van der Waals surface area contributed by atoms with E-state index < -0.39 is 0 Å². The third-order valence-electron chi connectivity index (χ3n) is 3.59. The van der Waals surface area contributed by atoms with Crippen molar-refractivity contribution in [2.24, 2.45) is 0 Å². The van der Waals surface area contributed by atoms with Crippen LogP contribution in [0.15, 0.2) is 36.4 Å². The molecular formula is C19H20ClNO4. The number of carbonyl (C=O) groups excluding carboxylic acids is 2. The first-order valence-electron chi connectivity index (χ1n) is 7.74. The largest absolute Gasteiger partial charge is 0.484 e. The minimum atomic E-state index is -0.307. The summed E-state index contributed by atoms with van der Waals surface area (Å²) in [6.45, 7) is 3.67. The van der Waals surface area contributed by atoms with Gasteiger partial charge in [-0.3, -0.25) is 9.59 Å². The predicted octanol–water partition coefficient (Wildman–Crippen LogP) is 3.69. The molecule has 0 bridgehead atoms. The van der Waals surface area contributed by atoms with E-state index in [4.69, 9.17) is 16.3 Å². The summed E-state index contributed by atoms with van der Waals surface area (Å²) in [5.41, 5.74) is 3.25. The molecule has 0 atom stereocenters. The number of carbonyl (C=O) groups is 2. The second kappa shape index (κ2) is 8.53. The molecule has 0 saturated carbocycles. The zero-order valence-electron chi connectivity index (χ0n) is 14.4. The van der Waals surface area contributed by atoms with E-state index >= 15 is 0 Å². The number of amides is 1. The maximum absolute atomic E-state index is 12.0.